The van der Waals surface area contributed by atoms with E-state index in [1.54, 1.807) is 0 Å². The first kappa shape index (κ1) is 16.6. The van der Waals surface area contributed by atoms with Crippen LogP contribution < -0.4 is 15.0 Å². The number of hydrogen-bond donors (Lipinski definition) is 1. The second-order valence-corrected chi connectivity index (χ2v) is 5.86. The molecular formula is C17H27N3O2. The summed E-state index contributed by atoms with van der Waals surface area (Å²) in [6.07, 6.45) is 1.74. The molecule has 0 saturated heterocycles. The highest BCUT2D eigenvalue weighted by Gasteiger charge is 2.31. The lowest BCUT2D eigenvalue weighted by molar-refractivity contribution is -0.119. The smallest absolute Gasteiger partial charge is 0.249 e. The third kappa shape index (κ3) is 3.71. The molecule has 5 nitrogen and oxygen atoms in total. The van der Waals surface area contributed by atoms with Gasteiger partial charge in [0.05, 0.1) is 18.0 Å². The highest BCUT2D eigenvalue weighted by molar-refractivity contribution is 6.05. The number of amides is 1. The minimum atomic E-state index is -0.149. The van der Waals surface area contributed by atoms with Gasteiger partial charge in [-0.15, -0.1) is 0 Å². The number of benzene rings is 1. The number of fused-ring (bicyclic) bond motifs is 1. The molecule has 0 fully saturated rings. The summed E-state index contributed by atoms with van der Waals surface area (Å²) in [4.78, 5) is 16.7. The molecule has 0 aliphatic carbocycles. The summed E-state index contributed by atoms with van der Waals surface area (Å²) in [7, 11) is 4.10. The molecule has 1 atom stereocenters. The lowest BCUT2D eigenvalue weighted by atomic mass is 10.1. The van der Waals surface area contributed by atoms with E-state index in [2.05, 4.69) is 24.3 Å². The summed E-state index contributed by atoms with van der Waals surface area (Å²) in [5.41, 5.74) is 1.94. The van der Waals surface area contributed by atoms with Crippen LogP contribution in [0.3, 0.4) is 0 Å². The van der Waals surface area contributed by atoms with Crippen molar-refractivity contribution < 1.29 is 9.53 Å². The Morgan fingerprint density at radius 2 is 2.09 bits per heavy atom. The zero-order valence-corrected chi connectivity index (χ0v) is 14.1. The van der Waals surface area contributed by atoms with Crippen LogP contribution in [0.15, 0.2) is 18.2 Å². The minimum Gasteiger partial charge on any atom is -0.494 e. The normalized spacial score (nSPS) is 17.4. The van der Waals surface area contributed by atoms with Gasteiger partial charge in [-0.25, -0.2) is 0 Å². The van der Waals surface area contributed by atoms with Crippen LogP contribution in [0.25, 0.3) is 0 Å². The Hall–Kier alpha value is -1.75. The summed E-state index contributed by atoms with van der Waals surface area (Å²) >= 11 is 0. The third-order valence-corrected chi connectivity index (χ3v) is 3.86. The zero-order chi connectivity index (χ0) is 16.1. The number of hydrogen-bond acceptors (Lipinski definition) is 4. The molecule has 1 aromatic carbocycles. The van der Waals surface area contributed by atoms with E-state index in [9.17, 15) is 4.79 Å². The van der Waals surface area contributed by atoms with E-state index in [0.29, 0.717) is 6.61 Å². The Morgan fingerprint density at radius 3 is 2.73 bits per heavy atom. The minimum absolute atomic E-state index is 0.149. The monoisotopic (exact) mass is 305 g/mol. The van der Waals surface area contributed by atoms with Crippen LogP contribution in [0.1, 0.15) is 26.7 Å². The van der Waals surface area contributed by atoms with Crippen molar-refractivity contribution in [3.63, 3.8) is 0 Å². The van der Waals surface area contributed by atoms with E-state index in [-0.39, 0.29) is 11.9 Å². The van der Waals surface area contributed by atoms with Crippen LogP contribution in [0.2, 0.25) is 0 Å². The molecule has 122 valence electrons. The van der Waals surface area contributed by atoms with Crippen LogP contribution in [0, 0.1) is 0 Å². The first-order chi connectivity index (χ1) is 10.6. The predicted molar refractivity (Wildman–Crippen MR) is 90.8 cm³/mol. The van der Waals surface area contributed by atoms with Gasteiger partial charge >= 0.3 is 0 Å². The van der Waals surface area contributed by atoms with Gasteiger partial charge in [0.25, 0.3) is 0 Å². The van der Waals surface area contributed by atoms with E-state index in [1.807, 2.05) is 36.9 Å². The van der Waals surface area contributed by atoms with Gasteiger partial charge in [0.15, 0.2) is 0 Å². The van der Waals surface area contributed by atoms with Crippen molar-refractivity contribution in [3.8, 4) is 5.75 Å². The Kier molecular flexibility index (Phi) is 5.66. The summed E-state index contributed by atoms with van der Waals surface area (Å²) in [5, 5.41) is 3.34. The second-order valence-electron chi connectivity index (χ2n) is 5.86. The fourth-order valence-electron chi connectivity index (χ4n) is 2.73. The first-order valence-corrected chi connectivity index (χ1v) is 8.06. The molecule has 1 unspecified atom stereocenters. The van der Waals surface area contributed by atoms with Crippen LogP contribution in [0.5, 0.6) is 5.75 Å². The number of carbonyl (C=O) groups excluding carboxylic acids is 1. The Morgan fingerprint density at radius 1 is 1.32 bits per heavy atom. The fraction of sp³-hybridized carbons (Fsp3) is 0.588. The highest BCUT2D eigenvalue weighted by atomic mass is 16.5. The lowest BCUT2D eigenvalue weighted by Crippen LogP contribution is -2.47. The second kappa shape index (κ2) is 7.49. The number of carbonyl (C=O) groups is 1. The molecule has 0 radical (unpaired) electrons. The molecule has 0 aromatic heterocycles. The Labute approximate surface area is 133 Å². The molecule has 1 heterocycles. The van der Waals surface area contributed by atoms with Gasteiger partial charge in [0.1, 0.15) is 11.8 Å². The van der Waals surface area contributed by atoms with Crippen molar-refractivity contribution in [2.45, 2.75) is 32.7 Å². The van der Waals surface area contributed by atoms with E-state index in [0.717, 1.165) is 43.1 Å². The van der Waals surface area contributed by atoms with Crippen molar-refractivity contribution in [1.29, 1.82) is 0 Å². The number of nitrogens with one attached hydrogen (secondary N) is 1. The number of anilines is 2. The van der Waals surface area contributed by atoms with Crippen molar-refractivity contribution in [2.75, 3.05) is 44.0 Å². The van der Waals surface area contributed by atoms with Gasteiger partial charge in [-0.2, -0.15) is 0 Å². The predicted octanol–water partition coefficient (Wildman–Crippen LogP) is 2.57. The SMILES string of the molecule is CCOc1ccc2c(c1)NC(CC)C(=O)N2CCCN(C)C. The van der Waals surface area contributed by atoms with Gasteiger partial charge in [0.2, 0.25) is 5.91 Å². The van der Waals surface area contributed by atoms with Crippen molar-refractivity contribution in [3.05, 3.63) is 18.2 Å². The van der Waals surface area contributed by atoms with E-state index >= 15 is 0 Å². The van der Waals surface area contributed by atoms with Crippen LogP contribution in [-0.2, 0) is 4.79 Å². The average Bonchev–Trinajstić information content (AvgIpc) is 2.49. The molecule has 0 saturated carbocycles. The van der Waals surface area contributed by atoms with Crippen LogP contribution in [-0.4, -0.2) is 50.6 Å². The van der Waals surface area contributed by atoms with E-state index in [4.69, 9.17) is 4.74 Å². The summed E-state index contributed by atoms with van der Waals surface area (Å²) in [5.74, 6) is 1.00. The zero-order valence-electron chi connectivity index (χ0n) is 14.1. The molecule has 1 amide bonds. The average molecular weight is 305 g/mol. The summed E-state index contributed by atoms with van der Waals surface area (Å²) < 4.78 is 5.57. The third-order valence-electron chi connectivity index (χ3n) is 3.86. The largest absolute Gasteiger partial charge is 0.494 e. The lowest BCUT2D eigenvalue weighted by Gasteiger charge is -2.35. The quantitative estimate of drug-likeness (QED) is 0.841. The molecular weight excluding hydrogens is 278 g/mol. The van der Waals surface area contributed by atoms with Crippen LogP contribution in [0.4, 0.5) is 11.4 Å². The molecule has 1 N–H and O–H groups in total. The molecule has 22 heavy (non-hydrogen) atoms. The van der Waals surface area contributed by atoms with Crippen LogP contribution >= 0.6 is 0 Å². The summed E-state index contributed by atoms with van der Waals surface area (Å²) in [6, 6.07) is 5.76. The Balaban J connectivity index is 2.22. The van der Waals surface area contributed by atoms with Gasteiger partial charge in [-0.3, -0.25) is 4.79 Å². The molecule has 0 bridgehead atoms. The highest BCUT2D eigenvalue weighted by Crippen LogP contribution is 2.35. The maximum atomic E-state index is 12.6. The molecule has 0 spiro atoms. The van der Waals surface area contributed by atoms with Gasteiger partial charge in [-0.1, -0.05) is 6.92 Å². The van der Waals surface area contributed by atoms with E-state index in [1.165, 1.54) is 0 Å². The maximum Gasteiger partial charge on any atom is 0.249 e. The van der Waals surface area contributed by atoms with E-state index < -0.39 is 0 Å². The van der Waals surface area contributed by atoms with Gasteiger partial charge < -0.3 is 19.9 Å². The van der Waals surface area contributed by atoms with Crippen molar-refractivity contribution in [1.82, 2.24) is 4.90 Å². The fourth-order valence-corrected chi connectivity index (χ4v) is 2.73. The standard InChI is InChI=1S/C17H27N3O2/c1-5-14-17(21)20(11-7-10-19(3)4)16-9-8-13(22-6-2)12-15(16)18-14/h8-9,12,14,18H,5-7,10-11H2,1-4H3. The Bertz CT molecular complexity index is 517. The molecule has 5 heteroatoms. The molecule has 2 rings (SSSR count). The van der Waals surface area contributed by atoms with Crippen molar-refractivity contribution >= 4 is 17.3 Å². The maximum absolute atomic E-state index is 12.6. The molecule has 1 aromatic rings. The topological polar surface area (TPSA) is 44.8 Å². The first-order valence-electron chi connectivity index (χ1n) is 8.06. The molecule has 1 aliphatic heterocycles. The number of ether oxygens (including phenoxy) is 1. The van der Waals surface area contributed by atoms with Gasteiger partial charge in [0, 0.05) is 12.6 Å². The van der Waals surface area contributed by atoms with Gasteiger partial charge in [-0.05, 0) is 52.5 Å². The number of nitrogens with zero attached hydrogens (tertiary/aromatic N) is 2. The summed E-state index contributed by atoms with van der Waals surface area (Å²) in [6.45, 7) is 6.36. The number of rotatable bonds is 7. The molecule has 1 aliphatic rings. The van der Waals surface area contributed by atoms with Crippen molar-refractivity contribution in [2.24, 2.45) is 0 Å².